The van der Waals surface area contributed by atoms with Crippen molar-refractivity contribution in [3.8, 4) is 17.3 Å². The molecule has 0 aliphatic rings. The molecule has 1 aromatic heterocycles. The first-order chi connectivity index (χ1) is 11.1. The van der Waals surface area contributed by atoms with Gasteiger partial charge in [-0.05, 0) is 13.0 Å². The first-order valence-electron chi connectivity index (χ1n) is 6.96. The Kier molecular flexibility index (Phi) is 3.61. The van der Waals surface area contributed by atoms with Gasteiger partial charge >= 0.3 is 0 Å². The number of hydrogen-bond acceptors (Lipinski definition) is 4. The van der Waals surface area contributed by atoms with Crippen LogP contribution in [0.25, 0.3) is 22.0 Å². The quantitative estimate of drug-likeness (QED) is 0.557. The third-order valence-corrected chi connectivity index (χ3v) is 3.47. The number of nitrogens with zero attached hydrogens (tertiary/aromatic N) is 4. The van der Waals surface area contributed by atoms with E-state index in [2.05, 4.69) is 21.3 Å². The highest BCUT2D eigenvalue weighted by molar-refractivity contribution is 6.03. The molecule has 3 rings (SSSR count). The summed E-state index contributed by atoms with van der Waals surface area (Å²) in [5.41, 5.74) is 14.1. The van der Waals surface area contributed by atoms with Gasteiger partial charge in [-0.2, -0.15) is 10.3 Å². The van der Waals surface area contributed by atoms with E-state index in [0.717, 1.165) is 16.5 Å². The molecule has 4 N–H and O–H groups in total. The molecule has 3 aromatic rings. The van der Waals surface area contributed by atoms with Crippen molar-refractivity contribution in [2.75, 3.05) is 0 Å². The van der Waals surface area contributed by atoms with Crippen LogP contribution in [0.15, 0.2) is 47.5 Å². The molecule has 0 saturated carbocycles. The summed E-state index contributed by atoms with van der Waals surface area (Å²) in [6.07, 6.45) is 0. The molecule has 0 spiro atoms. The molecular formula is C17H14N6. The zero-order chi connectivity index (χ0) is 16.4. The number of aryl methyl sites for hydroxylation is 1. The van der Waals surface area contributed by atoms with Gasteiger partial charge in [-0.15, -0.1) is 10.2 Å². The first kappa shape index (κ1) is 14.5. The number of rotatable bonds is 2. The van der Waals surface area contributed by atoms with Crippen molar-refractivity contribution >= 4 is 22.5 Å². The fraction of sp³-hybridized carbons (Fsp3) is 0.0588. The largest absolute Gasteiger partial charge is 0.370 e. The highest BCUT2D eigenvalue weighted by atomic mass is 15.2. The lowest BCUT2D eigenvalue weighted by atomic mass is 10.0. The Morgan fingerprint density at radius 1 is 1.09 bits per heavy atom. The molecule has 0 bridgehead atoms. The smallest absolute Gasteiger partial charge is 0.192 e. The van der Waals surface area contributed by atoms with Gasteiger partial charge in [0.1, 0.15) is 5.69 Å². The van der Waals surface area contributed by atoms with Gasteiger partial charge in [0.05, 0.1) is 11.6 Å². The Morgan fingerprint density at radius 2 is 1.83 bits per heavy atom. The first-order valence-corrected chi connectivity index (χ1v) is 6.96. The van der Waals surface area contributed by atoms with Crippen LogP contribution in [-0.4, -0.2) is 16.2 Å². The van der Waals surface area contributed by atoms with Crippen molar-refractivity contribution in [2.24, 2.45) is 16.5 Å². The Hall–Kier alpha value is -3.46. The van der Waals surface area contributed by atoms with Gasteiger partial charge in [0, 0.05) is 16.3 Å². The van der Waals surface area contributed by atoms with Crippen molar-refractivity contribution < 1.29 is 0 Å². The van der Waals surface area contributed by atoms with Crippen molar-refractivity contribution in [2.45, 2.75) is 6.92 Å². The van der Waals surface area contributed by atoms with Crippen LogP contribution in [0.3, 0.4) is 0 Å². The average Bonchev–Trinajstić information content (AvgIpc) is 2.55. The third-order valence-electron chi connectivity index (χ3n) is 3.47. The topological polar surface area (TPSA) is 114 Å². The summed E-state index contributed by atoms with van der Waals surface area (Å²) in [5.74, 6) is 0.115. The lowest BCUT2D eigenvalue weighted by molar-refractivity contribution is 1.05. The summed E-state index contributed by atoms with van der Waals surface area (Å²) in [5, 5.41) is 19.1. The number of benzene rings is 2. The third kappa shape index (κ3) is 2.68. The normalized spacial score (nSPS) is 10.3. The standard InChI is InChI=1S/C17H14N6/c1-10-5-7-11(8-6-10)15-13-4-2-3-12(9-18)14(13)16(23-22-15)21-17(19)20/h2-8H,1H3,(H4,19,20,21,23). The predicted octanol–water partition coefficient (Wildman–Crippen LogP) is 2.38. The highest BCUT2D eigenvalue weighted by Crippen LogP contribution is 2.33. The Labute approximate surface area is 133 Å². The van der Waals surface area contributed by atoms with E-state index in [-0.39, 0.29) is 11.8 Å². The van der Waals surface area contributed by atoms with Crippen LogP contribution < -0.4 is 11.5 Å². The Balaban J connectivity index is 2.37. The second-order valence-corrected chi connectivity index (χ2v) is 5.11. The summed E-state index contributed by atoms with van der Waals surface area (Å²) in [7, 11) is 0. The van der Waals surface area contributed by atoms with Gasteiger partial charge in [0.15, 0.2) is 11.8 Å². The number of aromatic nitrogens is 2. The summed E-state index contributed by atoms with van der Waals surface area (Å²) in [4.78, 5) is 3.99. The summed E-state index contributed by atoms with van der Waals surface area (Å²) in [6.45, 7) is 2.02. The van der Waals surface area contributed by atoms with E-state index in [9.17, 15) is 5.26 Å². The van der Waals surface area contributed by atoms with Gasteiger partial charge in [0.2, 0.25) is 0 Å². The van der Waals surface area contributed by atoms with E-state index in [1.54, 1.807) is 12.1 Å². The maximum absolute atomic E-state index is 9.38. The molecule has 0 amide bonds. The fourth-order valence-electron chi connectivity index (χ4n) is 2.41. The number of hydrogen-bond donors (Lipinski definition) is 2. The van der Waals surface area contributed by atoms with E-state index in [1.165, 1.54) is 0 Å². The van der Waals surface area contributed by atoms with Crippen LogP contribution in [0, 0.1) is 18.3 Å². The van der Waals surface area contributed by atoms with Crippen LogP contribution in [0.2, 0.25) is 0 Å². The van der Waals surface area contributed by atoms with E-state index in [1.807, 2.05) is 37.3 Å². The lowest BCUT2D eigenvalue weighted by Gasteiger charge is -2.08. The van der Waals surface area contributed by atoms with Gasteiger partial charge in [-0.3, -0.25) is 0 Å². The molecule has 0 unspecified atom stereocenters. The second kappa shape index (κ2) is 5.73. The van der Waals surface area contributed by atoms with Gasteiger partial charge in [-0.25, -0.2) is 0 Å². The number of nitrogens with two attached hydrogens (primary N) is 2. The Morgan fingerprint density at radius 3 is 2.48 bits per heavy atom. The molecule has 1 heterocycles. The van der Waals surface area contributed by atoms with E-state index in [0.29, 0.717) is 16.6 Å². The molecular weight excluding hydrogens is 288 g/mol. The molecule has 2 aromatic carbocycles. The zero-order valence-corrected chi connectivity index (χ0v) is 12.5. The average molecular weight is 302 g/mol. The molecule has 6 nitrogen and oxygen atoms in total. The number of nitriles is 1. The Bertz CT molecular complexity index is 947. The molecule has 23 heavy (non-hydrogen) atoms. The monoisotopic (exact) mass is 302 g/mol. The molecule has 0 aliphatic carbocycles. The van der Waals surface area contributed by atoms with Crippen LogP contribution in [0.1, 0.15) is 11.1 Å². The second-order valence-electron chi connectivity index (χ2n) is 5.11. The van der Waals surface area contributed by atoms with Crippen molar-refractivity contribution in [3.63, 3.8) is 0 Å². The lowest BCUT2D eigenvalue weighted by Crippen LogP contribution is -2.22. The molecule has 112 valence electrons. The van der Waals surface area contributed by atoms with Gasteiger partial charge in [0.25, 0.3) is 0 Å². The molecule has 0 fully saturated rings. The molecule has 0 saturated heterocycles. The summed E-state index contributed by atoms with van der Waals surface area (Å²) < 4.78 is 0. The maximum atomic E-state index is 9.38. The zero-order valence-electron chi connectivity index (χ0n) is 12.5. The van der Waals surface area contributed by atoms with Crippen molar-refractivity contribution in [1.29, 1.82) is 5.26 Å². The van der Waals surface area contributed by atoms with Gasteiger partial charge in [-0.1, -0.05) is 42.0 Å². The fourth-order valence-corrected chi connectivity index (χ4v) is 2.41. The van der Waals surface area contributed by atoms with Crippen LogP contribution >= 0.6 is 0 Å². The van der Waals surface area contributed by atoms with Crippen molar-refractivity contribution in [1.82, 2.24) is 10.2 Å². The van der Waals surface area contributed by atoms with E-state index < -0.39 is 0 Å². The van der Waals surface area contributed by atoms with Crippen LogP contribution in [-0.2, 0) is 0 Å². The molecule has 6 heteroatoms. The maximum Gasteiger partial charge on any atom is 0.192 e. The number of aliphatic imine (C=N–C) groups is 1. The molecule has 0 aliphatic heterocycles. The minimum atomic E-state index is -0.128. The SMILES string of the molecule is Cc1ccc(-c2nnc(N=C(N)N)c3c(C#N)cccc23)cc1. The minimum Gasteiger partial charge on any atom is -0.370 e. The van der Waals surface area contributed by atoms with E-state index >= 15 is 0 Å². The predicted molar refractivity (Wildman–Crippen MR) is 89.9 cm³/mol. The minimum absolute atomic E-state index is 0.128. The number of guanidine groups is 1. The summed E-state index contributed by atoms with van der Waals surface area (Å²) in [6, 6.07) is 15.5. The molecule has 0 atom stereocenters. The highest BCUT2D eigenvalue weighted by Gasteiger charge is 2.14. The van der Waals surface area contributed by atoms with Crippen LogP contribution in [0.5, 0.6) is 0 Å². The number of fused-ring (bicyclic) bond motifs is 1. The van der Waals surface area contributed by atoms with Gasteiger partial charge < -0.3 is 11.5 Å². The van der Waals surface area contributed by atoms with Crippen LogP contribution in [0.4, 0.5) is 5.82 Å². The van der Waals surface area contributed by atoms with Crippen molar-refractivity contribution in [3.05, 3.63) is 53.6 Å². The molecule has 0 radical (unpaired) electrons. The van der Waals surface area contributed by atoms with E-state index in [4.69, 9.17) is 11.5 Å². The summed E-state index contributed by atoms with van der Waals surface area (Å²) >= 11 is 0.